The summed E-state index contributed by atoms with van der Waals surface area (Å²) in [5, 5.41) is 0. The van der Waals surface area contributed by atoms with Crippen LogP contribution < -0.4 is 9.46 Å². The van der Waals surface area contributed by atoms with Gasteiger partial charge in [0.2, 0.25) is 0 Å². The molecule has 0 aliphatic carbocycles. The van der Waals surface area contributed by atoms with E-state index in [4.69, 9.17) is 4.74 Å². The molecule has 1 aromatic carbocycles. The Kier molecular flexibility index (Phi) is 5.96. The van der Waals surface area contributed by atoms with Crippen LogP contribution in [0.4, 0.5) is 0 Å². The molecule has 2 atom stereocenters. The average molecular weight is 295 g/mol. The molecule has 112 valence electrons. The molecule has 1 N–H and O–H groups in total. The van der Waals surface area contributed by atoms with Crippen molar-refractivity contribution in [3.63, 3.8) is 0 Å². The molecule has 0 saturated carbocycles. The second-order valence-electron chi connectivity index (χ2n) is 5.85. The van der Waals surface area contributed by atoms with Gasteiger partial charge in [0.25, 0.3) is 0 Å². The van der Waals surface area contributed by atoms with Crippen LogP contribution in [0.1, 0.15) is 44.9 Å². The smallest absolute Gasteiger partial charge is 0.123 e. The topological polar surface area (TPSA) is 38.3 Å². The van der Waals surface area contributed by atoms with E-state index in [9.17, 15) is 4.21 Å². The van der Waals surface area contributed by atoms with Gasteiger partial charge in [0.1, 0.15) is 12.4 Å². The van der Waals surface area contributed by atoms with E-state index < -0.39 is 11.0 Å². The second kappa shape index (κ2) is 7.04. The van der Waals surface area contributed by atoms with Crippen LogP contribution in [0.2, 0.25) is 0 Å². The molecule has 0 radical (unpaired) electrons. The van der Waals surface area contributed by atoms with Crippen LogP contribution in [0.15, 0.2) is 30.9 Å². The van der Waals surface area contributed by atoms with Crippen molar-refractivity contribution < 1.29 is 8.95 Å². The zero-order valence-electron chi connectivity index (χ0n) is 13.0. The van der Waals surface area contributed by atoms with Crippen molar-refractivity contribution in [1.29, 1.82) is 0 Å². The summed E-state index contributed by atoms with van der Waals surface area (Å²) in [6.07, 6.45) is 1.72. The molecule has 0 saturated heterocycles. The number of aryl methyl sites for hydroxylation is 1. The molecule has 4 heteroatoms. The summed E-state index contributed by atoms with van der Waals surface area (Å²) in [7, 11) is -1.09. The predicted octanol–water partition coefficient (Wildman–Crippen LogP) is 3.67. The lowest BCUT2D eigenvalue weighted by atomic mass is 10.1. The summed E-state index contributed by atoms with van der Waals surface area (Å²) in [4.78, 5) is 0. The van der Waals surface area contributed by atoms with Crippen molar-refractivity contribution in [2.24, 2.45) is 0 Å². The fourth-order valence-electron chi connectivity index (χ4n) is 1.60. The fourth-order valence-corrected chi connectivity index (χ4v) is 2.41. The maximum Gasteiger partial charge on any atom is 0.123 e. The number of hydrogen-bond donors (Lipinski definition) is 1. The van der Waals surface area contributed by atoms with Crippen LogP contribution in [0.3, 0.4) is 0 Å². The number of benzene rings is 1. The quantitative estimate of drug-likeness (QED) is 0.813. The Bertz CT molecular complexity index is 492. The molecule has 0 aliphatic heterocycles. The summed E-state index contributed by atoms with van der Waals surface area (Å²) in [5.41, 5.74) is 2.15. The predicted molar refractivity (Wildman–Crippen MR) is 86.3 cm³/mol. The van der Waals surface area contributed by atoms with E-state index in [0.29, 0.717) is 6.61 Å². The molecular weight excluding hydrogens is 270 g/mol. The molecule has 0 aliphatic rings. The van der Waals surface area contributed by atoms with Gasteiger partial charge in [-0.1, -0.05) is 24.8 Å². The van der Waals surface area contributed by atoms with Gasteiger partial charge in [-0.25, -0.2) is 8.93 Å². The SMILES string of the molecule is C=CCOc1cc([C@H](C)N[S@@](=O)C(C)(C)C)ccc1C. The van der Waals surface area contributed by atoms with Gasteiger partial charge in [0.15, 0.2) is 0 Å². The van der Waals surface area contributed by atoms with Gasteiger partial charge in [-0.05, 0) is 51.8 Å². The molecule has 1 rings (SSSR count). The van der Waals surface area contributed by atoms with Crippen LogP contribution in [-0.4, -0.2) is 15.6 Å². The van der Waals surface area contributed by atoms with Crippen molar-refractivity contribution in [2.45, 2.75) is 45.4 Å². The third-order valence-electron chi connectivity index (χ3n) is 2.91. The molecule has 0 spiro atoms. The largest absolute Gasteiger partial charge is 0.489 e. The van der Waals surface area contributed by atoms with E-state index in [1.165, 1.54) is 0 Å². The molecule has 1 aromatic rings. The van der Waals surface area contributed by atoms with Gasteiger partial charge in [0, 0.05) is 6.04 Å². The highest BCUT2D eigenvalue weighted by Gasteiger charge is 2.21. The normalized spacial score (nSPS) is 14.7. The minimum atomic E-state index is -1.09. The standard InChI is InChI=1S/C16H25NO2S/c1-7-10-19-15-11-14(9-8-12(15)2)13(3)17-20(18)16(4,5)6/h7-9,11,13,17H,1,10H2,2-6H3/t13-,20-/m0/s1. The van der Waals surface area contributed by atoms with Crippen LogP contribution in [0.5, 0.6) is 5.75 Å². The van der Waals surface area contributed by atoms with Crippen molar-refractivity contribution in [2.75, 3.05) is 6.61 Å². The van der Waals surface area contributed by atoms with E-state index in [-0.39, 0.29) is 10.8 Å². The first-order valence-corrected chi connectivity index (χ1v) is 7.93. The summed E-state index contributed by atoms with van der Waals surface area (Å²) < 4.78 is 20.6. The molecular formula is C16H25NO2S. The van der Waals surface area contributed by atoms with Crippen LogP contribution in [0.25, 0.3) is 0 Å². The highest BCUT2D eigenvalue weighted by molar-refractivity contribution is 7.84. The summed E-state index contributed by atoms with van der Waals surface area (Å²) in [5.74, 6) is 0.845. The zero-order valence-corrected chi connectivity index (χ0v) is 13.8. The molecule has 0 heterocycles. The lowest BCUT2D eigenvalue weighted by Gasteiger charge is -2.22. The highest BCUT2D eigenvalue weighted by atomic mass is 32.2. The average Bonchev–Trinajstić information content (AvgIpc) is 2.36. The first kappa shape index (κ1) is 16.9. The third kappa shape index (κ3) is 4.76. The minimum Gasteiger partial charge on any atom is -0.489 e. The number of ether oxygens (including phenoxy) is 1. The zero-order chi connectivity index (χ0) is 15.3. The first-order valence-electron chi connectivity index (χ1n) is 6.78. The Morgan fingerprint density at radius 3 is 2.65 bits per heavy atom. The first-order chi connectivity index (χ1) is 9.25. The Morgan fingerprint density at radius 2 is 2.10 bits per heavy atom. The fraction of sp³-hybridized carbons (Fsp3) is 0.500. The maximum absolute atomic E-state index is 12.1. The summed E-state index contributed by atoms with van der Waals surface area (Å²) >= 11 is 0. The Labute approximate surface area is 125 Å². The summed E-state index contributed by atoms with van der Waals surface area (Å²) in [6.45, 7) is 14.0. The van der Waals surface area contributed by atoms with Crippen molar-refractivity contribution in [1.82, 2.24) is 4.72 Å². The summed E-state index contributed by atoms with van der Waals surface area (Å²) in [6, 6.07) is 6.05. The highest BCUT2D eigenvalue weighted by Crippen LogP contribution is 2.24. The molecule has 0 fully saturated rings. The Morgan fingerprint density at radius 1 is 1.45 bits per heavy atom. The maximum atomic E-state index is 12.1. The number of rotatable bonds is 6. The van der Waals surface area contributed by atoms with E-state index in [0.717, 1.165) is 16.9 Å². The van der Waals surface area contributed by atoms with Gasteiger partial charge < -0.3 is 4.74 Å². The van der Waals surface area contributed by atoms with E-state index >= 15 is 0 Å². The van der Waals surface area contributed by atoms with Gasteiger partial charge in [-0.15, -0.1) is 0 Å². The Balaban J connectivity index is 2.85. The molecule has 0 aromatic heterocycles. The van der Waals surface area contributed by atoms with Crippen molar-refractivity contribution in [3.8, 4) is 5.75 Å². The lowest BCUT2D eigenvalue weighted by Crippen LogP contribution is -2.34. The van der Waals surface area contributed by atoms with Gasteiger partial charge in [-0.2, -0.15) is 0 Å². The van der Waals surface area contributed by atoms with Crippen molar-refractivity contribution >= 4 is 11.0 Å². The minimum absolute atomic E-state index is 0.00161. The molecule has 0 bridgehead atoms. The van der Waals surface area contributed by atoms with Crippen LogP contribution in [-0.2, 0) is 11.0 Å². The molecule has 20 heavy (non-hydrogen) atoms. The van der Waals surface area contributed by atoms with Crippen LogP contribution >= 0.6 is 0 Å². The lowest BCUT2D eigenvalue weighted by molar-refractivity contribution is 0.360. The van der Waals surface area contributed by atoms with Gasteiger partial charge >= 0.3 is 0 Å². The van der Waals surface area contributed by atoms with E-state index in [1.54, 1.807) is 6.08 Å². The molecule has 3 nitrogen and oxygen atoms in total. The van der Waals surface area contributed by atoms with Gasteiger partial charge in [-0.3, -0.25) is 0 Å². The number of hydrogen-bond acceptors (Lipinski definition) is 2. The van der Waals surface area contributed by atoms with Crippen LogP contribution in [0, 0.1) is 6.92 Å². The second-order valence-corrected chi connectivity index (χ2v) is 7.84. The Hall–Kier alpha value is -1.13. The molecule has 0 amide bonds. The monoisotopic (exact) mass is 295 g/mol. The van der Waals surface area contributed by atoms with E-state index in [1.807, 2.05) is 52.8 Å². The number of nitrogens with one attached hydrogen (secondary N) is 1. The third-order valence-corrected chi connectivity index (χ3v) is 4.59. The van der Waals surface area contributed by atoms with E-state index in [2.05, 4.69) is 11.3 Å². The van der Waals surface area contributed by atoms with Crippen molar-refractivity contribution in [3.05, 3.63) is 42.0 Å². The molecule has 0 unspecified atom stereocenters. The van der Waals surface area contributed by atoms with Gasteiger partial charge in [0.05, 0.1) is 15.7 Å².